The standard InChI is InChI=1S/C9H6ClIOS/c10-4-7-9(11)8-5(12)2-1-3-6(8)13-7/h1-3,12H,4H2. The Morgan fingerprint density at radius 1 is 1.46 bits per heavy atom. The number of hydrogen-bond acceptors (Lipinski definition) is 2. The Balaban J connectivity index is 2.85. The van der Waals surface area contributed by atoms with Gasteiger partial charge in [-0.25, -0.2) is 0 Å². The van der Waals surface area contributed by atoms with E-state index in [1.165, 1.54) is 0 Å². The fraction of sp³-hybridized carbons (Fsp3) is 0.111. The van der Waals surface area contributed by atoms with Crippen molar-refractivity contribution in [3.05, 3.63) is 26.6 Å². The van der Waals surface area contributed by atoms with Crippen molar-refractivity contribution in [2.24, 2.45) is 0 Å². The maximum atomic E-state index is 9.62. The van der Waals surface area contributed by atoms with Gasteiger partial charge in [0.2, 0.25) is 0 Å². The predicted molar refractivity (Wildman–Crippen MR) is 65.8 cm³/mol. The number of alkyl halides is 1. The molecule has 13 heavy (non-hydrogen) atoms. The number of benzene rings is 1. The van der Waals surface area contributed by atoms with Gasteiger partial charge >= 0.3 is 0 Å². The molecule has 0 aliphatic rings. The number of rotatable bonds is 1. The Labute approximate surface area is 98.5 Å². The van der Waals surface area contributed by atoms with Crippen molar-refractivity contribution >= 4 is 55.6 Å². The first-order chi connectivity index (χ1) is 6.24. The molecule has 0 fully saturated rings. The quantitative estimate of drug-likeness (QED) is 0.622. The topological polar surface area (TPSA) is 20.2 Å². The van der Waals surface area contributed by atoms with E-state index in [1.54, 1.807) is 17.4 Å². The minimum atomic E-state index is 0.342. The fourth-order valence-corrected chi connectivity index (χ4v) is 3.99. The molecule has 1 aromatic carbocycles. The zero-order valence-electron chi connectivity index (χ0n) is 6.55. The van der Waals surface area contributed by atoms with Gasteiger partial charge in [0.1, 0.15) is 5.75 Å². The van der Waals surface area contributed by atoms with E-state index < -0.39 is 0 Å². The highest BCUT2D eigenvalue weighted by Crippen LogP contribution is 2.38. The Kier molecular flexibility index (Phi) is 2.67. The molecule has 0 spiro atoms. The second-order valence-electron chi connectivity index (χ2n) is 2.62. The Morgan fingerprint density at radius 3 is 2.85 bits per heavy atom. The molecule has 0 bridgehead atoms. The van der Waals surface area contributed by atoms with Crippen LogP contribution in [-0.4, -0.2) is 5.11 Å². The Bertz CT molecular complexity index is 452. The van der Waals surface area contributed by atoms with Crippen LogP contribution in [0.1, 0.15) is 4.88 Å². The van der Waals surface area contributed by atoms with Crippen molar-refractivity contribution in [2.45, 2.75) is 5.88 Å². The van der Waals surface area contributed by atoms with Gasteiger partial charge in [-0.2, -0.15) is 0 Å². The van der Waals surface area contributed by atoms with Crippen LogP contribution in [0.4, 0.5) is 0 Å². The summed E-state index contributed by atoms with van der Waals surface area (Å²) in [6, 6.07) is 5.55. The molecule has 0 aliphatic carbocycles. The van der Waals surface area contributed by atoms with E-state index in [0.717, 1.165) is 18.5 Å². The molecule has 0 atom stereocenters. The number of phenols is 1. The second-order valence-corrected chi connectivity index (χ2v) is 5.11. The first-order valence-corrected chi connectivity index (χ1v) is 6.12. The van der Waals surface area contributed by atoms with E-state index in [2.05, 4.69) is 22.6 Å². The van der Waals surface area contributed by atoms with E-state index in [9.17, 15) is 5.11 Å². The molecule has 0 unspecified atom stereocenters. The van der Waals surface area contributed by atoms with Crippen LogP contribution in [0, 0.1) is 3.57 Å². The molecule has 1 nitrogen and oxygen atoms in total. The minimum absolute atomic E-state index is 0.342. The molecule has 1 aromatic heterocycles. The molecule has 0 radical (unpaired) electrons. The summed E-state index contributed by atoms with van der Waals surface area (Å²) < 4.78 is 2.17. The van der Waals surface area contributed by atoms with Crippen LogP contribution in [0.15, 0.2) is 18.2 Å². The molecule has 2 rings (SSSR count). The van der Waals surface area contributed by atoms with E-state index >= 15 is 0 Å². The summed E-state index contributed by atoms with van der Waals surface area (Å²) in [4.78, 5) is 1.12. The summed E-state index contributed by atoms with van der Waals surface area (Å²) in [6.45, 7) is 0. The first-order valence-electron chi connectivity index (χ1n) is 3.69. The molecule has 0 aliphatic heterocycles. The molecular formula is C9H6ClIOS. The van der Waals surface area contributed by atoms with Crippen molar-refractivity contribution < 1.29 is 5.11 Å². The fourth-order valence-electron chi connectivity index (χ4n) is 1.23. The predicted octanol–water partition coefficient (Wildman–Crippen LogP) is 3.95. The van der Waals surface area contributed by atoms with Gasteiger partial charge in [-0.3, -0.25) is 0 Å². The normalized spacial score (nSPS) is 10.9. The van der Waals surface area contributed by atoms with Crippen LogP contribution < -0.4 is 0 Å². The highest BCUT2D eigenvalue weighted by Gasteiger charge is 2.11. The SMILES string of the molecule is Oc1cccc2sc(CCl)c(I)c12. The first kappa shape index (κ1) is 9.55. The summed E-state index contributed by atoms with van der Waals surface area (Å²) in [5.41, 5.74) is 0. The van der Waals surface area contributed by atoms with E-state index in [1.807, 2.05) is 12.1 Å². The zero-order chi connectivity index (χ0) is 9.42. The van der Waals surface area contributed by atoms with E-state index in [0.29, 0.717) is 11.6 Å². The van der Waals surface area contributed by atoms with Crippen LogP contribution in [0.25, 0.3) is 10.1 Å². The van der Waals surface area contributed by atoms with Gasteiger partial charge in [0.25, 0.3) is 0 Å². The van der Waals surface area contributed by atoms with E-state index in [4.69, 9.17) is 11.6 Å². The lowest BCUT2D eigenvalue weighted by Crippen LogP contribution is -1.74. The largest absolute Gasteiger partial charge is 0.507 e. The third-order valence-electron chi connectivity index (χ3n) is 1.82. The van der Waals surface area contributed by atoms with E-state index in [-0.39, 0.29) is 0 Å². The number of aromatic hydroxyl groups is 1. The lowest BCUT2D eigenvalue weighted by molar-refractivity contribution is 0.481. The minimum Gasteiger partial charge on any atom is -0.507 e. The average molecular weight is 325 g/mol. The molecule has 1 N–H and O–H groups in total. The van der Waals surface area contributed by atoms with Crippen molar-refractivity contribution in [2.75, 3.05) is 0 Å². The van der Waals surface area contributed by atoms with Crippen LogP contribution in [0.2, 0.25) is 0 Å². The number of phenolic OH excluding ortho intramolecular Hbond substituents is 1. The Morgan fingerprint density at radius 2 is 2.23 bits per heavy atom. The summed E-state index contributed by atoms with van der Waals surface area (Å²) in [5.74, 6) is 0.853. The molecule has 1 heterocycles. The smallest absolute Gasteiger partial charge is 0.125 e. The van der Waals surface area contributed by atoms with Crippen LogP contribution >= 0.6 is 45.5 Å². The summed E-state index contributed by atoms with van der Waals surface area (Å²) in [5, 5.41) is 10.6. The molecule has 4 heteroatoms. The Hall–Kier alpha value is -0.000000000000000111. The molecule has 0 saturated heterocycles. The number of halogens is 2. The van der Waals surface area contributed by atoms with Gasteiger partial charge in [0.05, 0.1) is 5.88 Å². The van der Waals surface area contributed by atoms with Gasteiger partial charge in [-0.15, -0.1) is 22.9 Å². The van der Waals surface area contributed by atoms with Crippen molar-refractivity contribution in [3.8, 4) is 5.75 Å². The number of fused-ring (bicyclic) bond motifs is 1. The maximum Gasteiger partial charge on any atom is 0.125 e. The summed E-state index contributed by atoms with van der Waals surface area (Å²) >= 11 is 9.64. The average Bonchev–Trinajstić information content (AvgIpc) is 2.44. The highest BCUT2D eigenvalue weighted by atomic mass is 127. The van der Waals surface area contributed by atoms with Gasteiger partial charge in [-0.1, -0.05) is 6.07 Å². The summed E-state index contributed by atoms with van der Waals surface area (Å²) in [6.07, 6.45) is 0. The van der Waals surface area contributed by atoms with Crippen molar-refractivity contribution in [1.29, 1.82) is 0 Å². The van der Waals surface area contributed by atoms with Crippen LogP contribution in [0.5, 0.6) is 5.75 Å². The van der Waals surface area contributed by atoms with Crippen LogP contribution in [0.3, 0.4) is 0 Å². The number of thiophene rings is 1. The third kappa shape index (κ3) is 1.53. The van der Waals surface area contributed by atoms with Crippen LogP contribution in [-0.2, 0) is 5.88 Å². The third-order valence-corrected chi connectivity index (χ3v) is 4.96. The van der Waals surface area contributed by atoms with Gasteiger partial charge < -0.3 is 5.11 Å². The molecule has 0 amide bonds. The maximum absolute atomic E-state index is 9.62. The van der Waals surface area contributed by atoms with Gasteiger partial charge in [-0.05, 0) is 34.7 Å². The van der Waals surface area contributed by atoms with Crippen molar-refractivity contribution in [1.82, 2.24) is 0 Å². The van der Waals surface area contributed by atoms with Gasteiger partial charge in [0, 0.05) is 18.5 Å². The molecular weight excluding hydrogens is 319 g/mol. The van der Waals surface area contributed by atoms with Crippen molar-refractivity contribution in [3.63, 3.8) is 0 Å². The lowest BCUT2D eigenvalue weighted by Gasteiger charge is -1.94. The summed E-state index contributed by atoms with van der Waals surface area (Å²) in [7, 11) is 0. The van der Waals surface area contributed by atoms with Gasteiger partial charge in [0.15, 0.2) is 0 Å². The highest BCUT2D eigenvalue weighted by molar-refractivity contribution is 14.1. The second kappa shape index (κ2) is 3.63. The number of hydrogen-bond donors (Lipinski definition) is 1. The molecule has 0 saturated carbocycles. The molecule has 68 valence electrons. The zero-order valence-corrected chi connectivity index (χ0v) is 10.3. The molecule has 2 aromatic rings. The lowest BCUT2D eigenvalue weighted by atomic mass is 10.2. The monoisotopic (exact) mass is 324 g/mol.